The SMILES string of the molecule is O=C1CCC(N2CCN(S(=O)(=O)c3ccccc3)CC2)C1. The van der Waals surface area contributed by atoms with E-state index in [4.69, 9.17) is 0 Å². The second-order valence-corrected chi connectivity index (χ2v) is 7.63. The molecule has 1 saturated heterocycles. The molecule has 1 saturated carbocycles. The van der Waals surface area contributed by atoms with Gasteiger partial charge in [0.2, 0.25) is 10.0 Å². The Kier molecular flexibility index (Phi) is 4.10. The molecule has 3 rings (SSSR count). The van der Waals surface area contributed by atoms with Gasteiger partial charge in [-0.15, -0.1) is 0 Å². The number of benzene rings is 1. The Morgan fingerprint density at radius 3 is 2.24 bits per heavy atom. The van der Waals surface area contributed by atoms with Gasteiger partial charge >= 0.3 is 0 Å². The maximum absolute atomic E-state index is 12.5. The third-order valence-electron chi connectivity index (χ3n) is 4.39. The minimum atomic E-state index is -3.38. The summed E-state index contributed by atoms with van der Waals surface area (Å²) in [5.41, 5.74) is 0. The van der Waals surface area contributed by atoms with Crippen LogP contribution in [0.25, 0.3) is 0 Å². The first kappa shape index (κ1) is 14.7. The molecule has 21 heavy (non-hydrogen) atoms. The van der Waals surface area contributed by atoms with Gasteiger partial charge in [0.1, 0.15) is 5.78 Å². The van der Waals surface area contributed by atoms with Crippen molar-refractivity contribution in [3.63, 3.8) is 0 Å². The van der Waals surface area contributed by atoms with Gasteiger partial charge in [-0.25, -0.2) is 8.42 Å². The number of sulfonamides is 1. The van der Waals surface area contributed by atoms with E-state index in [2.05, 4.69) is 4.90 Å². The van der Waals surface area contributed by atoms with Crippen LogP contribution in [-0.2, 0) is 14.8 Å². The second-order valence-electron chi connectivity index (χ2n) is 5.69. The third-order valence-corrected chi connectivity index (χ3v) is 6.30. The molecule has 5 nitrogen and oxygen atoms in total. The molecule has 0 aromatic heterocycles. The van der Waals surface area contributed by atoms with Crippen molar-refractivity contribution in [2.75, 3.05) is 26.2 Å². The zero-order chi connectivity index (χ0) is 14.9. The van der Waals surface area contributed by atoms with Crippen molar-refractivity contribution < 1.29 is 13.2 Å². The van der Waals surface area contributed by atoms with Crippen LogP contribution in [0.5, 0.6) is 0 Å². The molecule has 0 amide bonds. The van der Waals surface area contributed by atoms with Crippen molar-refractivity contribution in [2.24, 2.45) is 0 Å². The number of hydrogen-bond donors (Lipinski definition) is 0. The third kappa shape index (κ3) is 3.02. The van der Waals surface area contributed by atoms with Crippen LogP contribution in [0, 0.1) is 0 Å². The van der Waals surface area contributed by atoms with E-state index in [-0.39, 0.29) is 0 Å². The molecule has 1 aromatic carbocycles. The topological polar surface area (TPSA) is 57.7 Å². The summed E-state index contributed by atoms with van der Waals surface area (Å²) in [5, 5.41) is 0. The Labute approximate surface area is 125 Å². The van der Waals surface area contributed by atoms with Crippen LogP contribution in [0.2, 0.25) is 0 Å². The number of nitrogens with zero attached hydrogens (tertiary/aromatic N) is 2. The highest BCUT2D eigenvalue weighted by atomic mass is 32.2. The first-order valence-electron chi connectivity index (χ1n) is 7.38. The number of carbonyl (C=O) groups is 1. The minimum absolute atomic E-state index is 0.319. The smallest absolute Gasteiger partial charge is 0.243 e. The Bertz CT molecular complexity index is 607. The summed E-state index contributed by atoms with van der Waals surface area (Å²) in [6, 6.07) is 8.89. The predicted molar refractivity (Wildman–Crippen MR) is 79.4 cm³/mol. The van der Waals surface area contributed by atoms with Crippen LogP contribution in [0.1, 0.15) is 19.3 Å². The molecule has 1 heterocycles. The molecule has 0 bridgehead atoms. The molecule has 114 valence electrons. The van der Waals surface area contributed by atoms with E-state index in [1.165, 1.54) is 0 Å². The highest BCUT2D eigenvalue weighted by Crippen LogP contribution is 2.24. The molecule has 6 heteroatoms. The molecule has 2 fully saturated rings. The summed E-state index contributed by atoms with van der Waals surface area (Å²) in [6.45, 7) is 2.43. The van der Waals surface area contributed by atoms with Gasteiger partial charge in [0.05, 0.1) is 4.90 Å². The average molecular weight is 308 g/mol. The molecular formula is C15H20N2O3S. The van der Waals surface area contributed by atoms with Crippen molar-refractivity contribution >= 4 is 15.8 Å². The van der Waals surface area contributed by atoms with Gasteiger partial charge in [-0.3, -0.25) is 9.69 Å². The Morgan fingerprint density at radius 1 is 1.00 bits per heavy atom. The summed E-state index contributed by atoms with van der Waals surface area (Å²) in [6.07, 6.45) is 2.23. The van der Waals surface area contributed by atoms with Crippen molar-refractivity contribution in [2.45, 2.75) is 30.2 Å². The fourth-order valence-corrected chi connectivity index (χ4v) is 4.60. The van der Waals surface area contributed by atoms with E-state index in [1.807, 2.05) is 6.07 Å². The molecular weight excluding hydrogens is 288 g/mol. The van der Waals surface area contributed by atoms with Crippen LogP contribution in [0.3, 0.4) is 0 Å². The number of hydrogen-bond acceptors (Lipinski definition) is 4. The van der Waals surface area contributed by atoms with Crippen LogP contribution in [0.4, 0.5) is 0 Å². The van der Waals surface area contributed by atoms with Crippen LogP contribution in [-0.4, -0.2) is 55.6 Å². The van der Waals surface area contributed by atoms with Crippen LogP contribution >= 0.6 is 0 Å². The van der Waals surface area contributed by atoms with Crippen LogP contribution in [0.15, 0.2) is 35.2 Å². The molecule has 0 radical (unpaired) electrons. The predicted octanol–water partition coefficient (Wildman–Crippen LogP) is 1.11. The van der Waals surface area contributed by atoms with E-state index in [0.717, 1.165) is 6.42 Å². The lowest BCUT2D eigenvalue weighted by molar-refractivity contribution is -0.117. The number of rotatable bonds is 3. The summed E-state index contributed by atoms with van der Waals surface area (Å²) in [4.78, 5) is 14.0. The molecule has 1 aliphatic carbocycles. The number of ketones is 1. The van der Waals surface area contributed by atoms with Gasteiger partial charge in [-0.2, -0.15) is 4.31 Å². The zero-order valence-electron chi connectivity index (χ0n) is 11.9. The maximum atomic E-state index is 12.5. The highest BCUT2D eigenvalue weighted by Gasteiger charge is 2.33. The first-order chi connectivity index (χ1) is 10.1. The fraction of sp³-hybridized carbons (Fsp3) is 0.533. The van der Waals surface area contributed by atoms with Gasteiger partial charge in [0.25, 0.3) is 0 Å². The van der Waals surface area contributed by atoms with E-state index in [9.17, 15) is 13.2 Å². The molecule has 0 N–H and O–H groups in total. The van der Waals surface area contributed by atoms with Gasteiger partial charge in [-0.1, -0.05) is 18.2 Å². The largest absolute Gasteiger partial charge is 0.300 e. The Hall–Kier alpha value is -1.24. The lowest BCUT2D eigenvalue weighted by Gasteiger charge is -2.37. The lowest BCUT2D eigenvalue weighted by Crippen LogP contribution is -2.51. The standard InChI is InChI=1S/C15H20N2O3S/c18-14-7-6-13(12-14)16-8-10-17(11-9-16)21(19,20)15-4-2-1-3-5-15/h1-5,13H,6-12H2. The Morgan fingerprint density at radius 2 is 1.67 bits per heavy atom. The number of carbonyl (C=O) groups excluding carboxylic acids is 1. The normalized spacial score (nSPS) is 25.3. The van der Waals surface area contributed by atoms with Crippen molar-refractivity contribution in [1.29, 1.82) is 0 Å². The van der Waals surface area contributed by atoms with E-state index < -0.39 is 10.0 Å². The Balaban J connectivity index is 1.64. The second kappa shape index (κ2) is 5.87. The molecule has 1 aromatic rings. The van der Waals surface area contributed by atoms with Crippen LogP contribution < -0.4 is 0 Å². The van der Waals surface area contributed by atoms with E-state index >= 15 is 0 Å². The number of Topliss-reactive ketones (excluding diaryl/α,β-unsaturated/α-hetero) is 1. The van der Waals surface area contributed by atoms with Gasteiger partial charge in [0, 0.05) is 45.1 Å². The molecule has 0 spiro atoms. The van der Waals surface area contributed by atoms with E-state index in [1.54, 1.807) is 28.6 Å². The number of piperazine rings is 1. The average Bonchev–Trinajstić information content (AvgIpc) is 2.95. The quantitative estimate of drug-likeness (QED) is 0.839. The van der Waals surface area contributed by atoms with Gasteiger partial charge < -0.3 is 0 Å². The summed E-state index contributed by atoms with van der Waals surface area (Å²) >= 11 is 0. The molecule has 1 atom stereocenters. The monoisotopic (exact) mass is 308 g/mol. The molecule has 1 aliphatic heterocycles. The van der Waals surface area contributed by atoms with Crippen molar-refractivity contribution in [1.82, 2.24) is 9.21 Å². The minimum Gasteiger partial charge on any atom is -0.300 e. The molecule has 1 unspecified atom stereocenters. The lowest BCUT2D eigenvalue weighted by atomic mass is 10.2. The fourth-order valence-electron chi connectivity index (χ4n) is 3.16. The zero-order valence-corrected chi connectivity index (χ0v) is 12.8. The van der Waals surface area contributed by atoms with Crippen molar-refractivity contribution in [3.8, 4) is 0 Å². The summed E-state index contributed by atoms with van der Waals surface area (Å²) in [7, 11) is -3.38. The van der Waals surface area contributed by atoms with Gasteiger partial charge in [-0.05, 0) is 18.6 Å². The summed E-state index contributed by atoms with van der Waals surface area (Å²) in [5.74, 6) is 0.333. The van der Waals surface area contributed by atoms with Gasteiger partial charge in [0.15, 0.2) is 0 Å². The van der Waals surface area contributed by atoms with Crippen molar-refractivity contribution in [3.05, 3.63) is 30.3 Å². The summed E-state index contributed by atoms with van der Waals surface area (Å²) < 4.78 is 26.6. The van der Waals surface area contributed by atoms with E-state index in [0.29, 0.717) is 55.7 Å². The molecule has 2 aliphatic rings. The highest BCUT2D eigenvalue weighted by molar-refractivity contribution is 7.89. The maximum Gasteiger partial charge on any atom is 0.243 e. The first-order valence-corrected chi connectivity index (χ1v) is 8.82.